The first-order chi connectivity index (χ1) is 25.8. The maximum Gasteiger partial charge on any atom is 2.00 e. The summed E-state index contributed by atoms with van der Waals surface area (Å²) in [4.78, 5) is 14.7. The molecule has 0 radical (unpaired) electrons. The summed E-state index contributed by atoms with van der Waals surface area (Å²) in [7, 11) is 0. The van der Waals surface area contributed by atoms with Crippen molar-refractivity contribution in [3.05, 3.63) is 150 Å². The molecule has 0 amide bonds. The van der Waals surface area contributed by atoms with Crippen LogP contribution in [-0.2, 0) is 36.6 Å². The smallest absolute Gasteiger partial charge is 0.510 e. The minimum Gasteiger partial charge on any atom is -0.510 e. The first kappa shape index (κ1) is 38.2. The molecule has 2 atom stereocenters. The monoisotopic (exact) mass is 905 g/mol. The quantitative estimate of drug-likeness (QED) is 0.150. The first-order valence-corrected chi connectivity index (χ1v) is 18.8. The second-order valence-corrected chi connectivity index (χ2v) is 16.6. The van der Waals surface area contributed by atoms with E-state index in [1.165, 1.54) is 11.1 Å². The van der Waals surface area contributed by atoms with Gasteiger partial charge < -0.3 is 14.0 Å². The van der Waals surface area contributed by atoms with Crippen molar-refractivity contribution >= 4 is 27.7 Å². The van der Waals surface area contributed by atoms with Gasteiger partial charge in [0.25, 0.3) is 0 Å². The molecule has 0 spiro atoms. The molecule has 0 saturated heterocycles. The van der Waals surface area contributed by atoms with E-state index in [9.17, 15) is 0 Å². The van der Waals surface area contributed by atoms with Crippen LogP contribution in [0, 0.1) is 18.1 Å². The number of benzene rings is 4. The first-order valence-electron chi connectivity index (χ1n) is 18.8. The van der Waals surface area contributed by atoms with Gasteiger partial charge in [-0.05, 0) is 69.2 Å². The van der Waals surface area contributed by atoms with Crippen molar-refractivity contribution in [2.75, 3.05) is 0 Å². The Hall–Kier alpha value is -5.06. The second-order valence-electron chi connectivity index (χ2n) is 16.6. The Kier molecular flexibility index (Phi) is 10.3. The van der Waals surface area contributed by atoms with Crippen molar-refractivity contribution in [1.82, 2.24) is 14.5 Å². The summed E-state index contributed by atoms with van der Waals surface area (Å²) in [6.45, 7) is 17.8. The van der Waals surface area contributed by atoms with Crippen LogP contribution in [0.1, 0.15) is 83.7 Å². The number of hydrogen-bond acceptors (Lipinski definition) is 5. The number of pyridine rings is 2. The number of ether oxygens (including phenoxy) is 2. The molecule has 55 heavy (non-hydrogen) atoms. The van der Waals surface area contributed by atoms with Gasteiger partial charge in [0.05, 0.1) is 11.7 Å². The molecular formula is C48H46N4O2Pt. The van der Waals surface area contributed by atoms with Crippen molar-refractivity contribution in [1.29, 1.82) is 0 Å². The molecule has 4 aromatic carbocycles. The maximum absolute atomic E-state index is 6.69. The molecular weight excluding hydrogens is 860 g/mol. The van der Waals surface area contributed by atoms with Crippen LogP contribution < -0.4 is 4.74 Å². The largest absolute Gasteiger partial charge is 2.00 e. The van der Waals surface area contributed by atoms with E-state index in [-0.39, 0.29) is 50.0 Å². The summed E-state index contributed by atoms with van der Waals surface area (Å²) in [6, 6.07) is 42.5. The molecule has 0 N–H and O–H groups in total. The minimum atomic E-state index is -0.195. The van der Waals surface area contributed by atoms with Crippen LogP contribution in [0.4, 0.5) is 0 Å². The summed E-state index contributed by atoms with van der Waals surface area (Å²) in [5.74, 6) is 2.74. The van der Waals surface area contributed by atoms with E-state index in [2.05, 4.69) is 126 Å². The average Bonchev–Trinajstić information content (AvgIpc) is 3.75. The Morgan fingerprint density at radius 1 is 0.709 bits per heavy atom. The molecule has 1 aliphatic rings. The molecule has 4 heterocycles. The van der Waals surface area contributed by atoms with E-state index in [4.69, 9.17) is 19.5 Å². The molecule has 0 saturated carbocycles. The summed E-state index contributed by atoms with van der Waals surface area (Å²) in [5.41, 5.74) is 7.90. The number of fused-ring (bicyclic) bond motifs is 3. The molecule has 0 fully saturated rings. The molecule has 6 nitrogen and oxygen atoms in total. The summed E-state index contributed by atoms with van der Waals surface area (Å²) in [5, 5.41) is 2.23. The van der Waals surface area contributed by atoms with Gasteiger partial charge in [0, 0.05) is 29.4 Å². The zero-order chi connectivity index (χ0) is 37.8. The fraction of sp³-hybridized carbons (Fsp3) is 0.271. The number of rotatable bonds is 7. The number of nitrogens with zero attached hydrogens (tertiary/aromatic N) is 4. The number of hydrogen-bond donors (Lipinski definition) is 0. The van der Waals surface area contributed by atoms with Gasteiger partial charge in [-0.15, -0.1) is 23.6 Å². The molecule has 0 bridgehead atoms. The predicted molar refractivity (Wildman–Crippen MR) is 219 cm³/mol. The van der Waals surface area contributed by atoms with Gasteiger partial charge in [-0.2, -0.15) is 6.07 Å². The minimum absolute atomic E-state index is 0. The fourth-order valence-electron chi connectivity index (χ4n) is 7.17. The Morgan fingerprint density at radius 2 is 1.45 bits per heavy atom. The fourth-order valence-corrected chi connectivity index (χ4v) is 7.17. The van der Waals surface area contributed by atoms with Gasteiger partial charge in [0.1, 0.15) is 17.8 Å². The molecule has 7 heteroatoms. The average molecular weight is 906 g/mol. The van der Waals surface area contributed by atoms with Gasteiger partial charge in [-0.25, -0.2) is 4.98 Å². The SMILES string of the molecule is CC(C)[C@H]1N=C(c2[c-]c(Oc3[c-]c4c(cc3)c3cc(C(C)(C)C)ccc3n4-c3cc(C(C)(C)C)ccn3)cc(-c3ccccn3)c2)O[C@H]1c1ccccc1.[Pt+2]. The zero-order valence-electron chi connectivity index (χ0n) is 32.6. The van der Waals surface area contributed by atoms with E-state index in [0.717, 1.165) is 44.4 Å². The molecule has 1 aliphatic heterocycles. The van der Waals surface area contributed by atoms with Crippen LogP contribution in [0.5, 0.6) is 11.5 Å². The van der Waals surface area contributed by atoms with E-state index in [1.54, 1.807) is 6.20 Å². The summed E-state index contributed by atoms with van der Waals surface area (Å²) in [6.07, 6.45) is 3.50. The third-order valence-corrected chi connectivity index (χ3v) is 10.2. The maximum atomic E-state index is 6.69. The Balaban J connectivity index is 0.00000465. The van der Waals surface area contributed by atoms with Gasteiger partial charge in [0.15, 0.2) is 0 Å². The van der Waals surface area contributed by atoms with Crippen LogP contribution >= 0.6 is 0 Å². The molecule has 280 valence electrons. The second kappa shape index (κ2) is 14.9. The Labute approximate surface area is 338 Å². The third-order valence-electron chi connectivity index (χ3n) is 10.2. The molecule has 3 aromatic heterocycles. The molecule has 0 unspecified atom stereocenters. The predicted octanol–water partition coefficient (Wildman–Crippen LogP) is 11.8. The van der Waals surface area contributed by atoms with Crippen molar-refractivity contribution < 1.29 is 30.5 Å². The van der Waals surface area contributed by atoms with Crippen molar-refractivity contribution in [3.8, 4) is 28.6 Å². The van der Waals surface area contributed by atoms with Gasteiger partial charge in [0.2, 0.25) is 0 Å². The molecule has 7 aromatic rings. The van der Waals surface area contributed by atoms with Crippen LogP contribution in [0.15, 0.2) is 121 Å². The van der Waals surface area contributed by atoms with Crippen molar-refractivity contribution in [2.24, 2.45) is 10.9 Å². The standard InChI is InChI=1S/C48H46N4O2.Pt/c1-30(2)44-45(31-14-10-9-11-15-31)54-46(51-44)33-24-32(40-16-12-13-22-49-40)25-37(26-33)53-36-18-19-38-39-27-34(47(3,4)5)17-20-41(39)52(42(38)29-36)43-28-35(21-23-50-43)48(6,7)8;/h9-25,27-28,30,44-45H,1-8H3;/q-2;+2/t44-,45+;/m1./s1. The van der Waals surface area contributed by atoms with Crippen LogP contribution in [0.25, 0.3) is 38.9 Å². The number of aromatic nitrogens is 3. The van der Waals surface area contributed by atoms with Gasteiger partial charge in [-0.1, -0.05) is 133 Å². The Bertz CT molecular complexity index is 2510. The zero-order valence-corrected chi connectivity index (χ0v) is 34.9. The third kappa shape index (κ3) is 7.62. The van der Waals surface area contributed by atoms with E-state index in [0.29, 0.717) is 23.0 Å². The van der Waals surface area contributed by atoms with Crippen LogP contribution in [-0.4, -0.2) is 26.5 Å². The summed E-state index contributed by atoms with van der Waals surface area (Å²) >= 11 is 0. The van der Waals surface area contributed by atoms with Gasteiger partial charge in [-0.3, -0.25) is 9.98 Å². The van der Waals surface area contributed by atoms with E-state index in [1.807, 2.05) is 60.8 Å². The van der Waals surface area contributed by atoms with E-state index >= 15 is 0 Å². The summed E-state index contributed by atoms with van der Waals surface area (Å²) < 4.78 is 15.5. The van der Waals surface area contributed by atoms with Crippen LogP contribution in [0.2, 0.25) is 0 Å². The number of aliphatic imine (C=N–C) groups is 1. The Morgan fingerprint density at radius 3 is 2.16 bits per heavy atom. The topological polar surface area (TPSA) is 61.5 Å². The molecule has 0 aliphatic carbocycles. The normalized spacial score (nSPS) is 15.9. The van der Waals surface area contributed by atoms with Crippen molar-refractivity contribution in [2.45, 2.75) is 78.4 Å². The van der Waals surface area contributed by atoms with E-state index < -0.39 is 0 Å². The van der Waals surface area contributed by atoms with Gasteiger partial charge >= 0.3 is 21.1 Å². The van der Waals surface area contributed by atoms with Crippen molar-refractivity contribution in [3.63, 3.8) is 0 Å². The van der Waals surface area contributed by atoms with Crippen LogP contribution in [0.3, 0.4) is 0 Å². The molecule has 8 rings (SSSR count).